The summed E-state index contributed by atoms with van der Waals surface area (Å²) in [4.78, 5) is 52.9. The van der Waals surface area contributed by atoms with Gasteiger partial charge >= 0.3 is 6.09 Å². The molecule has 44 heavy (non-hydrogen) atoms. The summed E-state index contributed by atoms with van der Waals surface area (Å²) < 4.78 is 39.9. The molecule has 0 unspecified atom stereocenters. The average Bonchev–Trinajstić information content (AvgIpc) is 2.89. The summed E-state index contributed by atoms with van der Waals surface area (Å²) >= 11 is 0. The first-order valence-electron chi connectivity index (χ1n) is 13.3. The molecule has 1 aromatic carbocycles. The van der Waals surface area contributed by atoms with Crippen molar-refractivity contribution in [3.8, 4) is 0 Å². The van der Waals surface area contributed by atoms with Crippen molar-refractivity contribution < 1.29 is 41.9 Å². The highest BCUT2D eigenvalue weighted by Crippen LogP contribution is 2.35. The van der Waals surface area contributed by atoms with Crippen molar-refractivity contribution in [3.05, 3.63) is 62.7 Å². The number of hydrogen-bond acceptors (Lipinski definition) is 11. The number of nitro benzene ring substituents is 2. The van der Waals surface area contributed by atoms with Crippen LogP contribution in [0.4, 0.5) is 16.2 Å². The van der Waals surface area contributed by atoms with Gasteiger partial charge in [0.25, 0.3) is 21.4 Å². The number of carbonyl (C=O) groups is 2. The zero-order valence-corrected chi connectivity index (χ0v) is 27.5. The summed E-state index contributed by atoms with van der Waals surface area (Å²) in [6.07, 6.45) is 1.60. The fraction of sp³-hybridized carbons (Fsp3) is 0.538. The van der Waals surface area contributed by atoms with Crippen LogP contribution in [0.5, 0.6) is 0 Å². The van der Waals surface area contributed by atoms with Crippen molar-refractivity contribution in [1.82, 2.24) is 9.37 Å². The standard InChI is InChI=1S/C26H38N5O11SSi/c1-9-12-40-31(43(38,39)22-11-10-17(29(34)35)14-20(22)30(36)37)21-15-28(24(33)42-25(2,3)4)18(13-19(21)23(27)32)16-41-44(8)26(5,6)7/h9-11,13-14,18,21H,1,12,15-16H2,2-8H3,(H2,27,32)/t18-,21-/m0/s1. The number of ether oxygens (including phenoxy) is 1. The van der Waals surface area contributed by atoms with E-state index in [2.05, 4.69) is 6.58 Å². The van der Waals surface area contributed by atoms with Crippen LogP contribution in [0.15, 0.2) is 47.4 Å². The number of rotatable bonds is 12. The van der Waals surface area contributed by atoms with E-state index in [0.29, 0.717) is 16.6 Å². The van der Waals surface area contributed by atoms with Gasteiger partial charge in [0.05, 0.1) is 41.2 Å². The molecule has 2 N–H and O–H groups in total. The van der Waals surface area contributed by atoms with Gasteiger partial charge in [0, 0.05) is 18.2 Å². The zero-order chi connectivity index (χ0) is 33.8. The van der Waals surface area contributed by atoms with Gasteiger partial charge in [-0.1, -0.05) is 31.3 Å². The third kappa shape index (κ3) is 8.91. The summed E-state index contributed by atoms with van der Waals surface area (Å²) in [7, 11) is -6.48. The first kappa shape index (κ1) is 36.5. The molecule has 1 aromatic rings. The van der Waals surface area contributed by atoms with Crippen LogP contribution in [-0.4, -0.2) is 86.1 Å². The molecular formula is C26H38N5O11SSi. The van der Waals surface area contributed by atoms with Crippen LogP contribution < -0.4 is 5.73 Å². The minimum Gasteiger partial charge on any atom is -0.444 e. The molecular weight excluding hydrogens is 618 g/mol. The molecule has 0 saturated carbocycles. The van der Waals surface area contributed by atoms with Gasteiger partial charge in [0.2, 0.25) is 14.9 Å². The number of primary amides is 1. The summed E-state index contributed by atoms with van der Waals surface area (Å²) in [6, 6.07) is -0.583. The molecule has 1 aliphatic rings. The molecule has 18 heteroatoms. The predicted octanol–water partition coefficient (Wildman–Crippen LogP) is 3.45. The van der Waals surface area contributed by atoms with Crippen molar-refractivity contribution in [2.45, 2.75) is 75.7 Å². The second-order valence-corrected chi connectivity index (χ2v) is 16.5. The van der Waals surface area contributed by atoms with E-state index < -0.39 is 88.0 Å². The smallest absolute Gasteiger partial charge is 0.410 e. The lowest BCUT2D eigenvalue weighted by Gasteiger charge is -2.41. The van der Waals surface area contributed by atoms with E-state index in [1.54, 1.807) is 20.8 Å². The maximum absolute atomic E-state index is 14.0. The third-order valence-electron chi connectivity index (χ3n) is 6.38. The Kier molecular flexibility index (Phi) is 11.6. The number of amides is 2. The maximum atomic E-state index is 14.0. The van der Waals surface area contributed by atoms with Gasteiger partial charge in [-0.25, -0.2) is 13.2 Å². The van der Waals surface area contributed by atoms with E-state index in [1.807, 2.05) is 27.3 Å². The van der Waals surface area contributed by atoms with Gasteiger partial charge < -0.3 is 14.9 Å². The van der Waals surface area contributed by atoms with Crippen LogP contribution in [0, 0.1) is 20.2 Å². The molecule has 243 valence electrons. The van der Waals surface area contributed by atoms with Crippen LogP contribution >= 0.6 is 0 Å². The Morgan fingerprint density at radius 2 is 1.80 bits per heavy atom. The Labute approximate surface area is 257 Å². The fourth-order valence-electron chi connectivity index (χ4n) is 3.88. The Morgan fingerprint density at radius 3 is 2.27 bits per heavy atom. The van der Waals surface area contributed by atoms with E-state index in [-0.39, 0.29) is 17.2 Å². The minimum atomic E-state index is -5.06. The lowest BCUT2D eigenvalue weighted by atomic mass is 9.98. The van der Waals surface area contributed by atoms with Crippen LogP contribution in [0.25, 0.3) is 0 Å². The van der Waals surface area contributed by atoms with Crippen molar-refractivity contribution in [3.63, 3.8) is 0 Å². The SMILES string of the molecule is C=CCON([C@H]1CN(C(=O)OC(C)(C)C)[C@H](CO[Si](C)C(C)(C)C)C=C1C(N)=O)S(=O)(=O)c1ccc([N+](=O)[O-])cc1[N+](=O)[O-]. The molecule has 0 fully saturated rings. The number of nitro groups is 2. The van der Waals surface area contributed by atoms with E-state index in [9.17, 15) is 38.2 Å². The van der Waals surface area contributed by atoms with Crippen LogP contribution in [-0.2, 0) is 28.8 Å². The van der Waals surface area contributed by atoms with Gasteiger partial charge in [-0.05, 0) is 44.5 Å². The van der Waals surface area contributed by atoms with Crippen molar-refractivity contribution >= 4 is 42.4 Å². The number of carbonyl (C=O) groups excluding carboxylic acids is 2. The number of non-ortho nitro benzene ring substituents is 1. The van der Waals surface area contributed by atoms with Gasteiger partial charge in [0.1, 0.15) is 5.60 Å². The van der Waals surface area contributed by atoms with Crippen LogP contribution in [0.2, 0.25) is 11.6 Å². The van der Waals surface area contributed by atoms with Gasteiger partial charge in [-0.2, -0.15) is 0 Å². The summed E-state index contributed by atoms with van der Waals surface area (Å²) in [6.45, 7) is 15.2. The van der Waals surface area contributed by atoms with Crippen LogP contribution in [0.3, 0.4) is 0 Å². The lowest BCUT2D eigenvalue weighted by molar-refractivity contribution is -0.396. The minimum absolute atomic E-state index is 0.0705. The Morgan fingerprint density at radius 1 is 1.18 bits per heavy atom. The molecule has 0 saturated heterocycles. The largest absolute Gasteiger partial charge is 0.444 e. The van der Waals surface area contributed by atoms with E-state index in [0.717, 1.165) is 11.0 Å². The normalized spacial score (nSPS) is 17.8. The summed E-state index contributed by atoms with van der Waals surface area (Å²) in [5, 5.41) is 22.9. The molecule has 1 aliphatic heterocycles. The Balaban J connectivity index is 2.76. The van der Waals surface area contributed by atoms with Crippen molar-refractivity contribution in [2.24, 2.45) is 5.73 Å². The molecule has 0 spiro atoms. The Bertz CT molecular complexity index is 1440. The second kappa shape index (κ2) is 13.9. The molecule has 16 nitrogen and oxygen atoms in total. The quantitative estimate of drug-likeness (QED) is 0.149. The highest BCUT2D eigenvalue weighted by atomic mass is 32.2. The lowest BCUT2D eigenvalue weighted by Crippen LogP contribution is -2.58. The maximum Gasteiger partial charge on any atom is 0.410 e. The summed E-state index contributed by atoms with van der Waals surface area (Å²) in [5.41, 5.74) is 2.62. The van der Waals surface area contributed by atoms with Crippen molar-refractivity contribution in [2.75, 3.05) is 19.8 Å². The summed E-state index contributed by atoms with van der Waals surface area (Å²) in [5.74, 6) is -1.05. The molecule has 1 heterocycles. The van der Waals surface area contributed by atoms with Gasteiger partial charge in [-0.3, -0.25) is 34.8 Å². The van der Waals surface area contributed by atoms with Crippen LogP contribution in [0.1, 0.15) is 41.5 Å². The predicted molar refractivity (Wildman–Crippen MR) is 160 cm³/mol. The highest BCUT2D eigenvalue weighted by Gasteiger charge is 2.46. The molecule has 0 bridgehead atoms. The molecule has 0 aromatic heterocycles. The second-order valence-electron chi connectivity index (χ2n) is 11.8. The van der Waals surface area contributed by atoms with Gasteiger partial charge in [-0.15, -0.1) is 6.58 Å². The van der Waals surface area contributed by atoms with E-state index in [1.165, 1.54) is 12.2 Å². The molecule has 1 radical (unpaired) electrons. The van der Waals surface area contributed by atoms with Gasteiger partial charge in [0.15, 0.2) is 4.90 Å². The number of nitrogens with two attached hydrogens (primary N) is 1. The average molecular weight is 657 g/mol. The third-order valence-corrected chi connectivity index (χ3v) is 10.8. The number of hydroxylamine groups is 1. The number of sulfonamides is 1. The number of hydrogen-bond donors (Lipinski definition) is 1. The molecule has 0 aliphatic carbocycles. The van der Waals surface area contributed by atoms with E-state index >= 15 is 0 Å². The first-order valence-corrected chi connectivity index (χ1v) is 16.7. The molecule has 2 amide bonds. The van der Waals surface area contributed by atoms with E-state index in [4.69, 9.17) is 19.7 Å². The first-order chi connectivity index (χ1) is 20.1. The number of nitrogens with zero attached hydrogens (tertiary/aromatic N) is 4. The highest BCUT2D eigenvalue weighted by molar-refractivity contribution is 7.89. The fourth-order valence-corrected chi connectivity index (χ4v) is 6.28. The molecule has 2 atom stereocenters. The monoisotopic (exact) mass is 656 g/mol. The molecule has 2 rings (SSSR count). The number of benzene rings is 1. The van der Waals surface area contributed by atoms with Crippen molar-refractivity contribution in [1.29, 1.82) is 0 Å². The topological polar surface area (TPSA) is 215 Å². The zero-order valence-electron chi connectivity index (χ0n) is 25.6. The Hall–Kier alpha value is -3.71.